The van der Waals surface area contributed by atoms with Gasteiger partial charge in [-0.05, 0) is 62.1 Å². The van der Waals surface area contributed by atoms with Crippen LogP contribution in [0.2, 0.25) is 0 Å². The maximum Gasteiger partial charge on any atom is 0.251 e. The van der Waals surface area contributed by atoms with Gasteiger partial charge in [-0.2, -0.15) is 0 Å². The van der Waals surface area contributed by atoms with Crippen LogP contribution in [0, 0.1) is 13.8 Å². The number of benzene rings is 2. The molecule has 3 N–H and O–H groups in total. The standard InChI is InChI=1S/C23H31N3O2/c1-17-9-8-10-18(2)22(17)26-20-14-12-19(13-15-20)23(28)25-16-7-5-4-6-11-21(27)24-3/h8-10,12-15,26H,4-7,11,16H2,1-3H3,(H,24,27)(H,25,28). The SMILES string of the molecule is CNC(=O)CCCCCCNC(=O)c1ccc(Nc2c(C)cccc2C)cc1. The van der Waals surface area contributed by atoms with E-state index in [1.807, 2.05) is 30.3 Å². The van der Waals surface area contributed by atoms with Crippen molar-refractivity contribution in [2.75, 3.05) is 18.9 Å². The number of hydrogen-bond donors (Lipinski definition) is 3. The van der Waals surface area contributed by atoms with Gasteiger partial charge in [0.05, 0.1) is 0 Å². The van der Waals surface area contributed by atoms with Gasteiger partial charge in [0.25, 0.3) is 5.91 Å². The van der Waals surface area contributed by atoms with Crippen LogP contribution in [0.15, 0.2) is 42.5 Å². The highest BCUT2D eigenvalue weighted by molar-refractivity contribution is 5.94. The summed E-state index contributed by atoms with van der Waals surface area (Å²) < 4.78 is 0. The Morgan fingerprint density at radius 1 is 0.857 bits per heavy atom. The highest BCUT2D eigenvalue weighted by atomic mass is 16.2. The molecule has 2 rings (SSSR count). The first-order valence-corrected chi connectivity index (χ1v) is 9.93. The minimum absolute atomic E-state index is 0.0519. The molecule has 0 aliphatic heterocycles. The van der Waals surface area contributed by atoms with E-state index in [-0.39, 0.29) is 11.8 Å². The van der Waals surface area contributed by atoms with Crippen molar-refractivity contribution in [2.45, 2.75) is 46.0 Å². The number of carbonyl (C=O) groups excluding carboxylic acids is 2. The molecule has 5 heteroatoms. The summed E-state index contributed by atoms with van der Waals surface area (Å²) in [6, 6.07) is 13.7. The summed E-state index contributed by atoms with van der Waals surface area (Å²) >= 11 is 0. The van der Waals surface area contributed by atoms with Crippen molar-refractivity contribution >= 4 is 23.2 Å². The van der Waals surface area contributed by atoms with Gasteiger partial charge in [-0.1, -0.05) is 31.0 Å². The summed E-state index contributed by atoms with van der Waals surface area (Å²) in [7, 11) is 1.66. The minimum Gasteiger partial charge on any atom is -0.359 e. The Hall–Kier alpha value is -2.82. The molecule has 2 aromatic carbocycles. The molecule has 0 bridgehead atoms. The third kappa shape index (κ3) is 6.72. The summed E-state index contributed by atoms with van der Waals surface area (Å²) in [6.45, 7) is 4.81. The van der Waals surface area contributed by atoms with Crippen LogP contribution in [0.1, 0.15) is 53.6 Å². The summed E-state index contributed by atoms with van der Waals surface area (Å²) in [5.74, 6) is 0.0350. The molecular formula is C23H31N3O2. The molecule has 0 atom stereocenters. The second-order valence-electron chi connectivity index (χ2n) is 7.06. The van der Waals surface area contributed by atoms with E-state index in [4.69, 9.17) is 0 Å². The maximum absolute atomic E-state index is 12.3. The molecule has 150 valence electrons. The summed E-state index contributed by atoms with van der Waals surface area (Å²) in [5.41, 5.74) is 5.11. The van der Waals surface area contributed by atoms with Crippen LogP contribution in [0.5, 0.6) is 0 Å². The molecule has 0 aliphatic carbocycles. The molecule has 0 saturated heterocycles. The molecular weight excluding hydrogens is 350 g/mol. The average Bonchev–Trinajstić information content (AvgIpc) is 2.70. The number of para-hydroxylation sites is 1. The van der Waals surface area contributed by atoms with Crippen molar-refractivity contribution in [1.82, 2.24) is 10.6 Å². The number of aryl methyl sites for hydroxylation is 2. The quantitative estimate of drug-likeness (QED) is 0.532. The Kier molecular flexibility index (Phi) is 8.53. The third-order valence-corrected chi connectivity index (χ3v) is 4.79. The van der Waals surface area contributed by atoms with Gasteiger partial charge in [-0.15, -0.1) is 0 Å². The van der Waals surface area contributed by atoms with Crippen LogP contribution in [0.4, 0.5) is 11.4 Å². The number of nitrogens with one attached hydrogen (secondary N) is 3. The number of anilines is 2. The van der Waals surface area contributed by atoms with Crippen LogP contribution in [-0.2, 0) is 4.79 Å². The Morgan fingerprint density at radius 2 is 1.50 bits per heavy atom. The molecule has 0 fully saturated rings. The summed E-state index contributed by atoms with van der Waals surface area (Å²) in [6.07, 6.45) is 4.40. The monoisotopic (exact) mass is 381 g/mol. The van der Waals surface area contributed by atoms with Crippen molar-refractivity contribution in [3.8, 4) is 0 Å². The Morgan fingerprint density at radius 3 is 2.14 bits per heavy atom. The van der Waals surface area contributed by atoms with Crippen LogP contribution in [-0.4, -0.2) is 25.4 Å². The lowest BCUT2D eigenvalue weighted by Crippen LogP contribution is -2.24. The summed E-state index contributed by atoms with van der Waals surface area (Å²) in [5, 5.41) is 9.01. The predicted octanol–water partition coefficient (Wildman–Crippen LogP) is 4.47. The second kappa shape index (κ2) is 11.1. The first kappa shape index (κ1) is 21.5. The third-order valence-electron chi connectivity index (χ3n) is 4.79. The molecule has 2 aromatic rings. The van der Waals surface area contributed by atoms with Gasteiger partial charge in [0.1, 0.15) is 0 Å². The van der Waals surface area contributed by atoms with Crippen LogP contribution < -0.4 is 16.0 Å². The molecule has 28 heavy (non-hydrogen) atoms. The molecule has 0 saturated carbocycles. The molecule has 5 nitrogen and oxygen atoms in total. The van der Waals surface area contributed by atoms with E-state index in [2.05, 4.69) is 41.9 Å². The number of unbranched alkanes of at least 4 members (excludes halogenated alkanes) is 3. The molecule has 0 unspecified atom stereocenters. The van der Waals surface area contributed by atoms with E-state index in [1.54, 1.807) is 7.05 Å². The van der Waals surface area contributed by atoms with Gasteiger partial charge in [-0.3, -0.25) is 9.59 Å². The Labute approximate surface area is 167 Å². The fourth-order valence-corrected chi connectivity index (χ4v) is 3.05. The number of amides is 2. The zero-order chi connectivity index (χ0) is 20.4. The van der Waals surface area contributed by atoms with Crippen LogP contribution in [0.25, 0.3) is 0 Å². The Bertz CT molecular complexity index is 765. The van der Waals surface area contributed by atoms with E-state index < -0.39 is 0 Å². The van der Waals surface area contributed by atoms with Gasteiger partial charge in [0.2, 0.25) is 5.91 Å². The van der Waals surface area contributed by atoms with E-state index in [1.165, 1.54) is 11.1 Å². The van der Waals surface area contributed by atoms with Crippen molar-refractivity contribution in [3.05, 3.63) is 59.2 Å². The van der Waals surface area contributed by atoms with Crippen molar-refractivity contribution in [2.24, 2.45) is 0 Å². The van der Waals surface area contributed by atoms with E-state index in [0.29, 0.717) is 18.5 Å². The van der Waals surface area contributed by atoms with E-state index in [9.17, 15) is 9.59 Å². The van der Waals surface area contributed by atoms with Crippen molar-refractivity contribution < 1.29 is 9.59 Å². The zero-order valence-electron chi connectivity index (χ0n) is 17.1. The van der Waals surface area contributed by atoms with Gasteiger partial charge in [0, 0.05) is 37.0 Å². The fraction of sp³-hybridized carbons (Fsp3) is 0.391. The van der Waals surface area contributed by atoms with Crippen molar-refractivity contribution in [1.29, 1.82) is 0 Å². The first-order chi connectivity index (χ1) is 13.5. The number of hydrogen-bond acceptors (Lipinski definition) is 3. The van der Waals surface area contributed by atoms with Crippen LogP contribution in [0.3, 0.4) is 0 Å². The van der Waals surface area contributed by atoms with Crippen LogP contribution >= 0.6 is 0 Å². The molecule has 2 amide bonds. The average molecular weight is 382 g/mol. The van der Waals surface area contributed by atoms with Gasteiger partial charge in [-0.25, -0.2) is 0 Å². The predicted molar refractivity (Wildman–Crippen MR) is 115 cm³/mol. The summed E-state index contributed by atoms with van der Waals surface area (Å²) in [4.78, 5) is 23.4. The molecule has 0 aromatic heterocycles. The normalized spacial score (nSPS) is 10.4. The van der Waals surface area contributed by atoms with Gasteiger partial charge >= 0.3 is 0 Å². The minimum atomic E-state index is -0.0519. The number of rotatable bonds is 10. The highest BCUT2D eigenvalue weighted by Crippen LogP contribution is 2.24. The lowest BCUT2D eigenvalue weighted by atomic mass is 10.1. The van der Waals surface area contributed by atoms with E-state index in [0.717, 1.165) is 37.1 Å². The maximum atomic E-state index is 12.3. The smallest absolute Gasteiger partial charge is 0.251 e. The lowest BCUT2D eigenvalue weighted by Gasteiger charge is -2.13. The van der Waals surface area contributed by atoms with Gasteiger partial charge < -0.3 is 16.0 Å². The molecule has 0 heterocycles. The van der Waals surface area contributed by atoms with E-state index >= 15 is 0 Å². The molecule has 0 aliphatic rings. The zero-order valence-corrected chi connectivity index (χ0v) is 17.1. The van der Waals surface area contributed by atoms with Crippen molar-refractivity contribution in [3.63, 3.8) is 0 Å². The van der Waals surface area contributed by atoms with Gasteiger partial charge in [0.15, 0.2) is 0 Å². The molecule has 0 radical (unpaired) electrons. The largest absolute Gasteiger partial charge is 0.359 e. The second-order valence-corrected chi connectivity index (χ2v) is 7.06. The Balaban J connectivity index is 1.74. The topological polar surface area (TPSA) is 70.2 Å². The molecule has 0 spiro atoms. The lowest BCUT2D eigenvalue weighted by molar-refractivity contribution is -0.120. The number of carbonyl (C=O) groups is 2. The first-order valence-electron chi connectivity index (χ1n) is 9.93. The fourth-order valence-electron chi connectivity index (χ4n) is 3.05. The highest BCUT2D eigenvalue weighted by Gasteiger charge is 2.06.